The molecule has 2 aliphatic rings. The van der Waals surface area contributed by atoms with Crippen molar-refractivity contribution in [3.63, 3.8) is 0 Å². The Labute approximate surface area is 96.6 Å². The Morgan fingerprint density at radius 1 is 1.20 bits per heavy atom. The minimum Gasteiger partial charge on any atom is -0.212 e. The molecule has 0 aromatic heterocycles. The maximum absolute atomic E-state index is 12.0. The van der Waals surface area contributed by atoms with Crippen LogP contribution in [0.4, 0.5) is 0 Å². The lowest BCUT2D eigenvalue weighted by atomic mass is 10.0. The molecule has 0 spiro atoms. The topological polar surface area (TPSA) is 46.2 Å². The van der Waals surface area contributed by atoms with Crippen molar-refractivity contribution < 1.29 is 8.42 Å². The monoisotopic (exact) mass is 251 g/mol. The molecule has 0 atom stereocenters. The van der Waals surface area contributed by atoms with E-state index in [-0.39, 0.29) is 10.8 Å². The summed E-state index contributed by atoms with van der Waals surface area (Å²) in [6.07, 6.45) is 6.66. The summed E-state index contributed by atoms with van der Waals surface area (Å²) in [5, 5.41) is -0.174. The highest BCUT2D eigenvalue weighted by Crippen LogP contribution is 2.38. The van der Waals surface area contributed by atoms with Crippen LogP contribution in [0.3, 0.4) is 0 Å². The van der Waals surface area contributed by atoms with Gasteiger partial charge in [-0.3, -0.25) is 0 Å². The number of hydrogen-bond acceptors (Lipinski definition) is 2. The first-order valence-electron chi connectivity index (χ1n) is 5.67. The smallest absolute Gasteiger partial charge is 0.212 e. The molecule has 0 saturated heterocycles. The third-order valence-electron chi connectivity index (χ3n) is 3.46. The molecular weight excluding hydrogens is 234 g/mol. The standard InChI is InChI=1S/C10H18ClNO2S/c11-8-10(6-7-10)12-15(13,14)9-4-2-1-3-5-9/h9,12H,1-8H2. The Bertz CT molecular complexity index is 318. The SMILES string of the molecule is O=S(=O)(NC1(CCl)CC1)C1CCCCC1. The molecule has 0 aliphatic heterocycles. The van der Waals surface area contributed by atoms with Crippen LogP contribution < -0.4 is 4.72 Å². The summed E-state index contributed by atoms with van der Waals surface area (Å²) in [6.45, 7) is 0. The maximum atomic E-state index is 12.0. The molecule has 0 heterocycles. The lowest BCUT2D eigenvalue weighted by Gasteiger charge is -2.24. The second-order valence-electron chi connectivity index (χ2n) is 4.82. The fourth-order valence-corrected chi connectivity index (χ4v) is 4.59. The van der Waals surface area contributed by atoms with Crippen LogP contribution in [-0.2, 0) is 10.0 Å². The maximum Gasteiger partial charge on any atom is 0.215 e. The zero-order chi connectivity index (χ0) is 10.9. The van der Waals surface area contributed by atoms with Gasteiger partial charge in [-0.1, -0.05) is 19.3 Å². The van der Waals surface area contributed by atoms with Crippen molar-refractivity contribution >= 4 is 21.6 Å². The molecule has 0 aromatic rings. The van der Waals surface area contributed by atoms with Crippen molar-refractivity contribution in [2.45, 2.75) is 55.7 Å². The van der Waals surface area contributed by atoms with E-state index in [0.29, 0.717) is 5.88 Å². The van der Waals surface area contributed by atoms with E-state index in [9.17, 15) is 8.42 Å². The van der Waals surface area contributed by atoms with Crippen LogP contribution in [-0.4, -0.2) is 25.1 Å². The zero-order valence-corrected chi connectivity index (χ0v) is 10.4. The molecule has 0 radical (unpaired) electrons. The van der Waals surface area contributed by atoms with Gasteiger partial charge in [0.05, 0.1) is 5.25 Å². The predicted molar refractivity (Wildman–Crippen MR) is 61.6 cm³/mol. The van der Waals surface area contributed by atoms with E-state index >= 15 is 0 Å². The molecule has 0 bridgehead atoms. The first-order valence-corrected chi connectivity index (χ1v) is 7.75. The minimum absolute atomic E-state index is 0.174. The molecule has 88 valence electrons. The summed E-state index contributed by atoms with van der Waals surface area (Å²) < 4.78 is 26.9. The summed E-state index contributed by atoms with van der Waals surface area (Å²) >= 11 is 5.77. The molecule has 0 amide bonds. The van der Waals surface area contributed by atoms with Gasteiger partial charge in [-0.25, -0.2) is 13.1 Å². The van der Waals surface area contributed by atoms with Gasteiger partial charge >= 0.3 is 0 Å². The molecule has 3 nitrogen and oxygen atoms in total. The number of rotatable bonds is 4. The Kier molecular flexibility index (Phi) is 3.29. The van der Waals surface area contributed by atoms with Crippen molar-refractivity contribution in [3.05, 3.63) is 0 Å². The Hall–Kier alpha value is 0.200. The number of hydrogen-bond donors (Lipinski definition) is 1. The van der Waals surface area contributed by atoms with Gasteiger partial charge in [-0.2, -0.15) is 0 Å². The van der Waals surface area contributed by atoms with Crippen LogP contribution in [0.5, 0.6) is 0 Å². The minimum atomic E-state index is -3.13. The van der Waals surface area contributed by atoms with Crippen LogP contribution >= 0.6 is 11.6 Å². The summed E-state index contributed by atoms with van der Waals surface area (Å²) in [5.74, 6) is 0.402. The van der Waals surface area contributed by atoms with Crippen LogP contribution in [0.1, 0.15) is 44.9 Å². The molecule has 2 aliphatic carbocycles. The third kappa shape index (κ3) is 2.66. The molecule has 2 rings (SSSR count). The normalized spacial score (nSPS) is 26.5. The molecule has 15 heavy (non-hydrogen) atoms. The van der Waals surface area contributed by atoms with E-state index in [4.69, 9.17) is 11.6 Å². The van der Waals surface area contributed by atoms with Gasteiger partial charge in [0.25, 0.3) is 0 Å². The highest BCUT2D eigenvalue weighted by atomic mass is 35.5. The van der Waals surface area contributed by atoms with E-state index in [1.165, 1.54) is 6.42 Å². The summed E-state index contributed by atoms with van der Waals surface area (Å²) in [6, 6.07) is 0. The molecular formula is C10H18ClNO2S. The van der Waals surface area contributed by atoms with E-state index in [1.54, 1.807) is 0 Å². The van der Waals surface area contributed by atoms with Crippen molar-refractivity contribution in [3.8, 4) is 0 Å². The highest BCUT2D eigenvalue weighted by molar-refractivity contribution is 7.90. The van der Waals surface area contributed by atoms with Crippen molar-refractivity contribution in [2.75, 3.05) is 5.88 Å². The summed E-state index contributed by atoms with van der Waals surface area (Å²) in [5.41, 5.74) is -0.294. The fourth-order valence-electron chi connectivity index (χ4n) is 2.17. The van der Waals surface area contributed by atoms with Crippen LogP contribution in [0, 0.1) is 0 Å². The fraction of sp³-hybridized carbons (Fsp3) is 1.00. The molecule has 1 N–H and O–H groups in total. The quantitative estimate of drug-likeness (QED) is 0.777. The van der Waals surface area contributed by atoms with Gasteiger partial charge in [0.15, 0.2) is 0 Å². The number of sulfonamides is 1. The van der Waals surface area contributed by atoms with Gasteiger partial charge in [0.1, 0.15) is 0 Å². The highest BCUT2D eigenvalue weighted by Gasteiger charge is 2.46. The lowest BCUT2D eigenvalue weighted by Crippen LogP contribution is -2.44. The van der Waals surface area contributed by atoms with E-state index < -0.39 is 10.0 Å². The van der Waals surface area contributed by atoms with Crippen molar-refractivity contribution in [2.24, 2.45) is 0 Å². The number of halogens is 1. The number of nitrogens with one attached hydrogen (secondary N) is 1. The predicted octanol–water partition coefficient (Wildman–Crippen LogP) is 2.01. The largest absolute Gasteiger partial charge is 0.215 e. The molecule has 2 saturated carbocycles. The molecule has 5 heteroatoms. The Morgan fingerprint density at radius 2 is 1.80 bits per heavy atom. The van der Waals surface area contributed by atoms with Gasteiger partial charge in [0.2, 0.25) is 10.0 Å². The first kappa shape index (κ1) is 11.7. The van der Waals surface area contributed by atoms with E-state index in [1.807, 2.05) is 0 Å². The average Bonchev–Trinajstić information content (AvgIpc) is 2.99. The van der Waals surface area contributed by atoms with Crippen LogP contribution in [0.25, 0.3) is 0 Å². The zero-order valence-electron chi connectivity index (χ0n) is 8.84. The van der Waals surface area contributed by atoms with Crippen LogP contribution in [0.15, 0.2) is 0 Å². The number of alkyl halides is 1. The van der Waals surface area contributed by atoms with Gasteiger partial charge in [0, 0.05) is 11.4 Å². The first-order chi connectivity index (χ1) is 7.08. The van der Waals surface area contributed by atoms with Crippen molar-refractivity contribution in [1.82, 2.24) is 4.72 Å². The van der Waals surface area contributed by atoms with Gasteiger partial charge < -0.3 is 0 Å². The average molecular weight is 252 g/mol. The van der Waals surface area contributed by atoms with Crippen molar-refractivity contribution in [1.29, 1.82) is 0 Å². The second-order valence-corrected chi connectivity index (χ2v) is 7.05. The lowest BCUT2D eigenvalue weighted by molar-refractivity contribution is 0.471. The van der Waals surface area contributed by atoms with Crippen LogP contribution in [0.2, 0.25) is 0 Å². The molecule has 2 fully saturated rings. The Balaban J connectivity index is 1.99. The van der Waals surface area contributed by atoms with Gasteiger partial charge in [-0.15, -0.1) is 11.6 Å². The summed E-state index contributed by atoms with van der Waals surface area (Å²) in [7, 11) is -3.13. The molecule has 0 unspecified atom stereocenters. The second kappa shape index (κ2) is 4.22. The third-order valence-corrected chi connectivity index (χ3v) is 6.04. The van der Waals surface area contributed by atoms with Gasteiger partial charge in [-0.05, 0) is 25.7 Å². The summed E-state index contributed by atoms with van der Waals surface area (Å²) in [4.78, 5) is 0. The van der Waals surface area contributed by atoms with E-state index in [2.05, 4.69) is 4.72 Å². The Morgan fingerprint density at radius 3 is 2.27 bits per heavy atom. The van der Waals surface area contributed by atoms with E-state index in [0.717, 1.165) is 38.5 Å². The molecule has 0 aromatic carbocycles.